The molecule has 0 unspecified atom stereocenters. The first kappa shape index (κ1) is 13.1. The van der Waals surface area contributed by atoms with Gasteiger partial charge in [-0.25, -0.2) is 4.98 Å². The van der Waals surface area contributed by atoms with Gasteiger partial charge in [-0.1, -0.05) is 6.92 Å². The third-order valence-corrected chi connectivity index (χ3v) is 1.80. The van der Waals surface area contributed by atoms with Crippen molar-refractivity contribution in [3.05, 3.63) is 16.3 Å². The van der Waals surface area contributed by atoms with Crippen LogP contribution in [-0.4, -0.2) is 39.8 Å². The van der Waals surface area contributed by atoms with E-state index < -0.39 is 4.92 Å². The Morgan fingerprint density at radius 1 is 1.65 bits per heavy atom. The molecule has 0 radical (unpaired) electrons. The van der Waals surface area contributed by atoms with E-state index >= 15 is 0 Å². The van der Waals surface area contributed by atoms with Crippen LogP contribution >= 0.6 is 0 Å². The topological polar surface area (TPSA) is 110 Å². The van der Waals surface area contributed by atoms with Crippen molar-refractivity contribution in [2.24, 2.45) is 0 Å². The second kappa shape index (κ2) is 6.59. The predicted octanol–water partition coefficient (Wildman–Crippen LogP) is 0.578. The number of nitro groups is 1. The van der Waals surface area contributed by atoms with Crippen molar-refractivity contribution in [3.8, 4) is 5.88 Å². The second-order valence-corrected chi connectivity index (χ2v) is 3.14. The maximum absolute atomic E-state index is 10.7. The van der Waals surface area contributed by atoms with Gasteiger partial charge in [-0.15, -0.1) is 0 Å². The predicted molar refractivity (Wildman–Crippen MR) is 60.0 cm³/mol. The summed E-state index contributed by atoms with van der Waals surface area (Å²) in [5, 5.41) is 22.2. The average molecular weight is 242 g/mol. The summed E-state index contributed by atoms with van der Waals surface area (Å²) in [6.07, 6.45) is 1.96. The van der Waals surface area contributed by atoms with Crippen LogP contribution in [0.5, 0.6) is 5.88 Å². The van der Waals surface area contributed by atoms with E-state index in [-0.39, 0.29) is 30.7 Å². The van der Waals surface area contributed by atoms with Crippen LogP contribution in [0.1, 0.15) is 13.3 Å². The molecule has 2 N–H and O–H groups in total. The number of rotatable bonds is 7. The lowest BCUT2D eigenvalue weighted by Crippen LogP contribution is -2.09. The molecule has 0 aromatic carbocycles. The molecule has 0 fully saturated rings. The molecule has 8 heteroatoms. The first-order valence-corrected chi connectivity index (χ1v) is 5.18. The Kier molecular flexibility index (Phi) is 5.08. The SMILES string of the molecule is CCCNc1ncc([N+](=O)[O-])c(OCCO)n1. The van der Waals surface area contributed by atoms with Gasteiger partial charge in [-0.05, 0) is 6.42 Å². The lowest BCUT2D eigenvalue weighted by molar-refractivity contribution is -0.386. The van der Waals surface area contributed by atoms with Crippen LogP contribution in [-0.2, 0) is 0 Å². The van der Waals surface area contributed by atoms with Gasteiger partial charge >= 0.3 is 5.69 Å². The van der Waals surface area contributed by atoms with Gasteiger partial charge in [0.25, 0.3) is 5.88 Å². The Labute approximate surface area is 97.8 Å². The molecule has 0 spiro atoms. The first-order chi connectivity index (χ1) is 8.19. The zero-order valence-corrected chi connectivity index (χ0v) is 9.42. The smallest absolute Gasteiger partial charge is 0.349 e. The van der Waals surface area contributed by atoms with Crippen LogP contribution in [0.15, 0.2) is 6.20 Å². The standard InChI is InChI=1S/C9H14N4O4/c1-2-3-10-9-11-6-7(13(15)16)8(12-9)17-5-4-14/h6,14H,2-5H2,1H3,(H,10,11,12). The van der Waals surface area contributed by atoms with Gasteiger partial charge in [0.1, 0.15) is 12.8 Å². The maximum atomic E-state index is 10.7. The largest absolute Gasteiger partial charge is 0.470 e. The zero-order chi connectivity index (χ0) is 12.7. The van der Waals surface area contributed by atoms with Gasteiger partial charge in [0.2, 0.25) is 5.95 Å². The molecule has 1 heterocycles. The fourth-order valence-corrected chi connectivity index (χ4v) is 1.06. The molecule has 17 heavy (non-hydrogen) atoms. The molecule has 0 aliphatic carbocycles. The van der Waals surface area contributed by atoms with E-state index in [0.717, 1.165) is 12.6 Å². The lowest BCUT2D eigenvalue weighted by Gasteiger charge is -2.06. The van der Waals surface area contributed by atoms with Gasteiger partial charge in [-0.3, -0.25) is 10.1 Å². The highest BCUT2D eigenvalue weighted by molar-refractivity contribution is 5.43. The molecule has 1 aromatic heterocycles. The van der Waals surface area contributed by atoms with E-state index in [2.05, 4.69) is 15.3 Å². The first-order valence-electron chi connectivity index (χ1n) is 5.18. The number of nitrogens with zero attached hydrogens (tertiary/aromatic N) is 3. The van der Waals surface area contributed by atoms with E-state index in [1.54, 1.807) is 0 Å². The summed E-state index contributed by atoms with van der Waals surface area (Å²) in [7, 11) is 0. The van der Waals surface area contributed by atoms with Gasteiger partial charge in [0.15, 0.2) is 0 Å². The molecule has 1 aromatic rings. The lowest BCUT2D eigenvalue weighted by atomic mass is 10.5. The molecular formula is C9H14N4O4. The van der Waals surface area contributed by atoms with Gasteiger partial charge in [0.05, 0.1) is 11.5 Å². The minimum Gasteiger partial charge on any atom is -0.470 e. The fraction of sp³-hybridized carbons (Fsp3) is 0.556. The summed E-state index contributed by atoms with van der Waals surface area (Å²) in [6, 6.07) is 0. The number of hydrogen-bond acceptors (Lipinski definition) is 7. The summed E-state index contributed by atoms with van der Waals surface area (Å²) in [5.74, 6) is 0.128. The molecule has 0 aliphatic rings. The van der Waals surface area contributed by atoms with Crippen LogP contribution in [0.2, 0.25) is 0 Å². The van der Waals surface area contributed by atoms with Crippen LogP contribution in [0, 0.1) is 10.1 Å². The van der Waals surface area contributed by atoms with E-state index in [0.29, 0.717) is 6.54 Å². The minimum atomic E-state index is -0.629. The van der Waals surface area contributed by atoms with Gasteiger partial charge in [-0.2, -0.15) is 4.98 Å². The van der Waals surface area contributed by atoms with Crippen molar-refractivity contribution >= 4 is 11.6 Å². The van der Waals surface area contributed by atoms with E-state index in [1.165, 1.54) is 0 Å². The Morgan fingerprint density at radius 2 is 2.41 bits per heavy atom. The van der Waals surface area contributed by atoms with Crippen molar-refractivity contribution < 1.29 is 14.8 Å². The monoisotopic (exact) mass is 242 g/mol. The van der Waals surface area contributed by atoms with Crippen molar-refractivity contribution in [1.82, 2.24) is 9.97 Å². The average Bonchev–Trinajstić information content (AvgIpc) is 2.33. The Morgan fingerprint density at radius 3 is 3.00 bits per heavy atom. The molecule has 0 saturated carbocycles. The normalized spacial score (nSPS) is 10.0. The number of aliphatic hydroxyl groups is 1. The molecule has 0 bridgehead atoms. The number of anilines is 1. The van der Waals surface area contributed by atoms with E-state index in [9.17, 15) is 10.1 Å². The van der Waals surface area contributed by atoms with Crippen molar-refractivity contribution in [2.45, 2.75) is 13.3 Å². The summed E-state index contributed by atoms with van der Waals surface area (Å²) >= 11 is 0. The highest BCUT2D eigenvalue weighted by Crippen LogP contribution is 2.24. The molecule has 0 saturated heterocycles. The molecular weight excluding hydrogens is 228 g/mol. The summed E-state index contributed by atoms with van der Waals surface area (Å²) in [4.78, 5) is 17.7. The Balaban J connectivity index is 2.88. The van der Waals surface area contributed by atoms with E-state index in [1.807, 2.05) is 6.92 Å². The van der Waals surface area contributed by atoms with Crippen molar-refractivity contribution in [2.75, 3.05) is 25.1 Å². The van der Waals surface area contributed by atoms with Crippen LogP contribution in [0.3, 0.4) is 0 Å². The molecule has 94 valence electrons. The molecule has 8 nitrogen and oxygen atoms in total. The molecule has 0 atom stereocenters. The van der Waals surface area contributed by atoms with Gasteiger partial charge in [0, 0.05) is 6.54 Å². The second-order valence-electron chi connectivity index (χ2n) is 3.14. The molecule has 0 aliphatic heterocycles. The zero-order valence-electron chi connectivity index (χ0n) is 9.42. The Hall–Kier alpha value is -1.96. The number of hydrogen-bond donors (Lipinski definition) is 2. The van der Waals surface area contributed by atoms with Gasteiger partial charge < -0.3 is 15.2 Å². The summed E-state index contributed by atoms with van der Waals surface area (Å²) < 4.78 is 4.99. The number of ether oxygens (including phenoxy) is 1. The highest BCUT2D eigenvalue weighted by Gasteiger charge is 2.18. The highest BCUT2D eigenvalue weighted by atomic mass is 16.6. The van der Waals surface area contributed by atoms with Crippen LogP contribution < -0.4 is 10.1 Å². The van der Waals surface area contributed by atoms with Crippen LogP contribution in [0.4, 0.5) is 11.6 Å². The maximum Gasteiger partial charge on any atom is 0.349 e. The third-order valence-electron chi connectivity index (χ3n) is 1.80. The Bertz CT molecular complexity index is 385. The third kappa shape index (κ3) is 3.83. The quantitative estimate of drug-likeness (QED) is 0.531. The summed E-state index contributed by atoms with van der Waals surface area (Å²) in [5.41, 5.74) is -0.319. The number of aliphatic hydroxyl groups excluding tert-OH is 1. The van der Waals surface area contributed by atoms with Crippen LogP contribution in [0.25, 0.3) is 0 Å². The fourth-order valence-electron chi connectivity index (χ4n) is 1.06. The van der Waals surface area contributed by atoms with E-state index in [4.69, 9.17) is 9.84 Å². The number of nitrogens with one attached hydrogen (secondary N) is 1. The molecule has 1 rings (SSSR count). The minimum absolute atomic E-state index is 0.0505. The summed E-state index contributed by atoms with van der Waals surface area (Å²) in [6.45, 7) is 2.35. The van der Waals surface area contributed by atoms with Crippen molar-refractivity contribution in [1.29, 1.82) is 0 Å². The molecule has 0 amide bonds. The number of aromatic nitrogens is 2. The van der Waals surface area contributed by atoms with Crippen molar-refractivity contribution in [3.63, 3.8) is 0 Å².